The molecule has 20 heavy (non-hydrogen) atoms. The molecule has 1 amide bonds. The zero-order valence-electron chi connectivity index (χ0n) is 13.6. The van der Waals surface area contributed by atoms with Gasteiger partial charge in [-0.25, -0.2) is 5.06 Å². The lowest BCUT2D eigenvalue weighted by Crippen LogP contribution is -2.36. The second-order valence-electron chi connectivity index (χ2n) is 4.26. The van der Waals surface area contributed by atoms with Gasteiger partial charge < -0.3 is 5.11 Å². The summed E-state index contributed by atoms with van der Waals surface area (Å²) in [6.07, 6.45) is 2.99. The van der Waals surface area contributed by atoms with E-state index in [0.717, 1.165) is 12.8 Å². The Balaban J connectivity index is 0. The number of hydrogen-bond donors (Lipinski definition) is 1. The van der Waals surface area contributed by atoms with E-state index in [2.05, 4.69) is 0 Å². The number of carboxylic acids is 1. The molecule has 0 aliphatic carbocycles. The Kier molecular flexibility index (Phi) is 15.2. The summed E-state index contributed by atoms with van der Waals surface area (Å²) in [5, 5.41) is 9.95. The summed E-state index contributed by atoms with van der Waals surface area (Å²) < 4.78 is 0. The van der Waals surface area contributed by atoms with E-state index in [-0.39, 0.29) is 12.3 Å². The minimum atomic E-state index is -0.767. The fourth-order valence-corrected chi connectivity index (χ4v) is 1.64. The molecule has 1 aliphatic rings. The van der Waals surface area contributed by atoms with Crippen molar-refractivity contribution in [2.75, 3.05) is 13.2 Å². The molecule has 1 fully saturated rings. The van der Waals surface area contributed by atoms with Crippen LogP contribution in [0.25, 0.3) is 0 Å². The molecule has 0 bridgehead atoms. The summed E-state index contributed by atoms with van der Waals surface area (Å²) in [4.78, 5) is 27.0. The quantitative estimate of drug-likeness (QED) is 0.813. The summed E-state index contributed by atoms with van der Waals surface area (Å²) >= 11 is 0. The van der Waals surface area contributed by atoms with Gasteiger partial charge in [0.1, 0.15) is 0 Å². The number of carbonyl (C=O) groups is 2. The van der Waals surface area contributed by atoms with Gasteiger partial charge in [0.15, 0.2) is 0 Å². The van der Waals surface area contributed by atoms with E-state index in [0.29, 0.717) is 31.9 Å². The van der Waals surface area contributed by atoms with Gasteiger partial charge in [-0.05, 0) is 25.2 Å². The van der Waals surface area contributed by atoms with Gasteiger partial charge in [-0.15, -0.1) is 0 Å². The third-order valence-electron chi connectivity index (χ3n) is 2.74. The maximum atomic E-state index is 11.4. The molecule has 1 unspecified atom stereocenters. The minimum Gasteiger partial charge on any atom is -0.481 e. The normalized spacial score (nSPS) is 15.4. The Morgan fingerprint density at radius 2 is 1.90 bits per heavy atom. The van der Waals surface area contributed by atoms with E-state index in [4.69, 9.17) is 9.94 Å². The molecular weight excluding hydrogens is 258 g/mol. The van der Waals surface area contributed by atoms with Crippen LogP contribution in [0, 0.1) is 5.92 Å². The molecule has 120 valence electrons. The second kappa shape index (κ2) is 14.3. The van der Waals surface area contributed by atoms with E-state index < -0.39 is 5.97 Å². The third-order valence-corrected chi connectivity index (χ3v) is 2.74. The van der Waals surface area contributed by atoms with Crippen LogP contribution in [0.5, 0.6) is 0 Å². The van der Waals surface area contributed by atoms with Crippen molar-refractivity contribution in [1.29, 1.82) is 0 Å². The highest BCUT2D eigenvalue weighted by Crippen LogP contribution is 2.14. The van der Waals surface area contributed by atoms with E-state index in [1.807, 2.05) is 34.6 Å². The van der Waals surface area contributed by atoms with Crippen molar-refractivity contribution in [3.05, 3.63) is 0 Å². The molecule has 0 aromatic rings. The van der Waals surface area contributed by atoms with Gasteiger partial charge in [-0.2, -0.15) is 0 Å². The van der Waals surface area contributed by atoms with E-state index in [9.17, 15) is 9.59 Å². The van der Waals surface area contributed by atoms with Crippen LogP contribution < -0.4 is 0 Å². The average molecular weight is 289 g/mol. The lowest BCUT2D eigenvalue weighted by Gasteiger charge is -2.26. The maximum absolute atomic E-state index is 11.4. The van der Waals surface area contributed by atoms with E-state index in [1.54, 1.807) is 0 Å². The van der Waals surface area contributed by atoms with E-state index in [1.165, 1.54) is 5.06 Å². The molecule has 0 aromatic heterocycles. The number of aliphatic carboxylic acids is 1. The van der Waals surface area contributed by atoms with Crippen LogP contribution in [0.15, 0.2) is 0 Å². The number of rotatable bonds is 6. The Morgan fingerprint density at radius 3 is 2.40 bits per heavy atom. The van der Waals surface area contributed by atoms with Crippen molar-refractivity contribution in [3.8, 4) is 0 Å². The Labute approximate surface area is 123 Å². The summed E-state index contributed by atoms with van der Waals surface area (Å²) in [7, 11) is 0. The lowest BCUT2D eigenvalue weighted by molar-refractivity contribution is -0.199. The molecule has 1 aliphatic heterocycles. The highest BCUT2D eigenvalue weighted by molar-refractivity contribution is 5.75. The van der Waals surface area contributed by atoms with Crippen LogP contribution in [0.2, 0.25) is 0 Å². The SMILES string of the molecule is CC.CC.CC(CCC(=O)O)CCN1OCCCC1=O. The highest BCUT2D eigenvalue weighted by atomic mass is 16.7. The van der Waals surface area contributed by atoms with Gasteiger partial charge >= 0.3 is 5.97 Å². The average Bonchev–Trinajstić information content (AvgIpc) is 2.48. The van der Waals surface area contributed by atoms with Crippen LogP contribution in [-0.2, 0) is 14.4 Å². The van der Waals surface area contributed by atoms with Gasteiger partial charge in [-0.1, -0.05) is 34.6 Å². The summed E-state index contributed by atoms with van der Waals surface area (Å²) in [5.41, 5.74) is 0. The number of amides is 1. The van der Waals surface area contributed by atoms with Crippen LogP contribution in [0.4, 0.5) is 0 Å². The maximum Gasteiger partial charge on any atom is 0.303 e. The fraction of sp³-hybridized carbons (Fsp3) is 0.867. The predicted octanol–water partition coefficient (Wildman–Crippen LogP) is 3.48. The number of nitrogens with zero attached hydrogens (tertiary/aromatic N) is 1. The fourth-order valence-electron chi connectivity index (χ4n) is 1.64. The third kappa shape index (κ3) is 10.8. The first kappa shape index (κ1) is 21.2. The minimum absolute atomic E-state index is 0.0386. The first-order valence-corrected chi connectivity index (χ1v) is 7.74. The molecule has 1 atom stereocenters. The molecule has 5 nitrogen and oxygen atoms in total. The molecule has 1 heterocycles. The Bertz CT molecular complexity index is 256. The van der Waals surface area contributed by atoms with Crippen molar-refractivity contribution in [1.82, 2.24) is 5.06 Å². The highest BCUT2D eigenvalue weighted by Gasteiger charge is 2.19. The standard InChI is InChI=1S/C11H19NO4.2C2H6/c1-9(4-5-11(14)15)6-7-12-10(13)3-2-8-16-12;2*1-2/h9H,2-8H2,1H3,(H,14,15);2*1-2H3. The number of hydrogen-bond acceptors (Lipinski definition) is 3. The second-order valence-corrected chi connectivity index (χ2v) is 4.26. The van der Waals surface area contributed by atoms with E-state index >= 15 is 0 Å². The first-order valence-electron chi connectivity index (χ1n) is 7.74. The molecule has 0 radical (unpaired) electrons. The van der Waals surface area contributed by atoms with Crippen molar-refractivity contribution < 1.29 is 19.5 Å². The van der Waals surface area contributed by atoms with Crippen LogP contribution in [-0.4, -0.2) is 35.2 Å². The molecule has 5 heteroatoms. The summed E-state index contributed by atoms with van der Waals surface area (Å²) in [6, 6.07) is 0. The largest absolute Gasteiger partial charge is 0.481 e. The Hall–Kier alpha value is -1.10. The lowest BCUT2D eigenvalue weighted by atomic mass is 10.0. The molecule has 0 spiro atoms. The van der Waals surface area contributed by atoms with Crippen molar-refractivity contribution in [3.63, 3.8) is 0 Å². The van der Waals surface area contributed by atoms with Crippen LogP contribution in [0.1, 0.15) is 66.7 Å². The topological polar surface area (TPSA) is 66.8 Å². The zero-order chi connectivity index (χ0) is 16.0. The molecule has 0 saturated carbocycles. The van der Waals surface area contributed by atoms with Gasteiger partial charge in [0, 0.05) is 19.4 Å². The molecule has 1 saturated heterocycles. The van der Waals surface area contributed by atoms with Crippen molar-refractivity contribution >= 4 is 11.9 Å². The number of hydroxylamine groups is 2. The number of carboxylic acid groups (broad SMARTS) is 1. The van der Waals surface area contributed by atoms with Crippen LogP contribution in [0.3, 0.4) is 0 Å². The van der Waals surface area contributed by atoms with Crippen molar-refractivity contribution in [2.45, 2.75) is 66.7 Å². The smallest absolute Gasteiger partial charge is 0.303 e. The molecule has 0 aromatic carbocycles. The van der Waals surface area contributed by atoms with Gasteiger partial charge in [0.2, 0.25) is 5.91 Å². The van der Waals surface area contributed by atoms with Gasteiger partial charge in [0.25, 0.3) is 0 Å². The van der Waals surface area contributed by atoms with Gasteiger partial charge in [-0.3, -0.25) is 14.4 Å². The van der Waals surface area contributed by atoms with Crippen molar-refractivity contribution in [2.24, 2.45) is 5.92 Å². The first-order chi connectivity index (χ1) is 9.59. The molecule has 1 N–H and O–H groups in total. The predicted molar refractivity (Wildman–Crippen MR) is 80.2 cm³/mol. The monoisotopic (exact) mass is 289 g/mol. The van der Waals surface area contributed by atoms with Crippen LogP contribution >= 0.6 is 0 Å². The Morgan fingerprint density at radius 1 is 1.30 bits per heavy atom. The van der Waals surface area contributed by atoms with Gasteiger partial charge in [0.05, 0.1) is 6.61 Å². The zero-order valence-corrected chi connectivity index (χ0v) is 13.6. The number of carbonyl (C=O) groups excluding carboxylic acids is 1. The molecular formula is C15H31NO4. The molecule has 1 rings (SSSR count). The summed E-state index contributed by atoms with van der Waals surface area (Å²) in [6.45, 7) is 11.2. The summed E-state index contributed by atoms with van der Waals surface area (Å²) in [5.74, 6) is -0.428.